The first-order valence-electron chi connectivity index (χ1n) is 5.40. The van der Waals surface area contributed by atoms with Crippen molar-refractivity contribution in [2.45, 2.75) is 38.5 Å². The second-order valence-electron chi connectivity index (χ2n) is 3.48. The van der Waals surface area contributed by atoms with Crippen molar-refractivity contribution in [2.75, 3.05) is 6.54 Å². The van der Waals surface area contributed by atoms with E-state index >= 15 is 0 Å². The molecular formula is C9H17NO2. The van der Waals surface area contributed by atoms with Crippen LogP contribution in [0.5, 0.6) is 0 Å². The Labute approximate surface area is 75.8 Å². The summed E-state index contributed by atoms with van der Waals surface area (Å²) in [5, 5.41) is 8.86. The SMILES string of the molecule is [2H]C([2H])(C(=O)O)C1(CN)CCCCC1. The van der Waals surface area contributed by atoms with Gasteiger partial charge < -0.3 is 10.8 Å². The van der Waals surface area contributed by atoms with Crippen LogP contribution in [0, 0.1) is 5.41 Å². The van der Waals surface area contributed by atoms with Crippen molar-refractivity contribution in [2.24, 2.45) is 11.1 Å². The van der Waals surface area contributed by atoms with Crippen LogP contribution in [0.1, 0.15) is 41.2 Å². The monoisotopic (exact) mass is 173 g/mol. The van der Waals surface area contributed by atoms with E-state index in [4.69, 9.17) is 13.6 Å². The van der Waals surface area contributed by atoms with Crippen molar-refractivity contribution in [1.29, 1.82) is 0 Å². The van der Waals surface area contributed by atoms with Gasteiger partial charge in [0.1, 0.15) is 0 Å². The van der Waals surface area contributed by atoms with Crippen molar-refractivity contribution < 1.29 is 12.6 Å². The number of carbonyl (C=O) groups is 1. The van der Waals surface area contributed by atoms with E-state index in [0.29, 0.717) is 12.8 Å². The highest BCUT2D eigenvalue weighted by atomic mass is 16.4. The summed E-state index contributed by atoms with van der Waals surface area (Å²) >= 11 is 0. The van der Waals surface area contributed by atoms with Gasteiger partial charge in [0, 0.05) is 2.74 Å². The first-order chi connectivity index (χ1) is 6.46. The summed E-state index contributed by atoms with van der Waals surface area (Å²) < 4.78 is 15.2. The van der Waals surface area contributed by atoms with Crippen LogP contribution in [0.3, 0.4) is 0 Å². The molecule has 3 heteroatoms. The summed E-state index contributed by atoms with van der Waals surface area (Å²) in [7, 11) is 0. The van der Waals surface area contributed by atoms with Crippen LogP contribution in [0.15, 0.2) is 0 Å². The maximum Gasteiger partial charge on any atom is 0.303 e. The highest BCUT2D eigenvalue weighted by molar-refractivity contribution is 5.67. The summed E-state index contributed by atoms with van der Waals surface area (Å²) in [6.07, 6.45) is 1.79. The third-order valence-electron chi connectivity index (χ3n) is 2.57. The minimum absolute atomic E-state index is 0.117. The van der Waals surface area contributed by atoms with E-state index in [2.05, 4.69) is 0 Å². The summed E-state index contributed by atoms with van der Waals surface area (Å²) in [4.78, 5) is 10.9. The van der Waals surface area contributed by atoms with Crippen molar-refractivity contribution in [3.05, 3.63) is 0 Å². The van der Waals surface area contributed by atoms with E-state index in [1.807, 2.05) is 0 Å². The average molecular weight is 173 g/mol. The Morgan fingerprint density at radius 3 is 2.50 bits per heavy atom. The molecule has 1 fully saturated rings. The maximum absolute atomic E-state index is 10.9. The molecule has 0 aromatic heterocycles. The number of aliphatic carboxylic acids is 1. The number of hydrogen-bond donors (Lipinski definition) is 2. The molecule has 0 aliphatic heterocycles. The van der Waals surface area contributed by atoms with E-state index in [1.54, 1.807) is 0 Å². The molecule has 1 rings (SSSR count). The summed E-state index contributed by atoms with van der Waals surface area (Å²) in [6.45, 7) is 0.117. The first-order valence-corrected chi connectivity index (χ1v) is 4.40. The molecule has 3 N–H and O–H groups in total. The third kappa shape index (κ3) is 2.21. The molecule has 0 unspecified atom stereocenters. The molecule has 0 spiro atoms. The summed E-state index contributed by atoms with van der Waals surface area (Å²) in [5.41, 5.74) is 4.71. The van der Waals surface area contributed by atoms with Gasteiger partial charge >= 0.3 is 5.97 Å². The molecule has 3 nitrogen and oxygen atoms in total. The Hall–Kier alpha value is -0.570. The topological polar surface area (TPSA) is 63.3 Å². The Kier molecular flexibility index (Phi) is 2.24. The molecule has 0 amide bonds. The van der Waals surface area contributed by atoms with Gasteiger partial charge in [0.15, 0.2) is 0 Å². The molecule has 1 aliphatic rings. The lowest BCUT2D eigenvalue weighted by Crippen LogP contribution is -2.34. The number of rotatable bonds is 3. The number of nitrogens with two attached hydrogens (primary N) is 1. The van der Waals surface area contributed by atoms with Gasteiger partial charge in [-0.25, -0.2) is 0 Å². The van der Waals surface area contributed by atoms with E-state index < -0.39 is 17.8 Å². The van der Waals surface area contributed by atoms with E-state index in [9.17, 15) is 4.79 Å². The zero-order valence-electron chi connectivity index (χ0n) is 9.18. The largest absolute Gasteiger partial charge is 0.481 e. The molecule has 0 heterocycles. The zero-order valence-corrected chi connectivity index (χ0v) is 7.18. The molecular weight excluding hydrogens is 154 g/mol. The maximum atomic E-state index is 10.9. The van der Waals surface area contributed by atoms with Crippen LogP contribution in [0.25, 0.3) is 0 Å². The normalized spacial score (nSPS) is 25.8. The molecule has 0 atom stereocenters. The molecule has 0 bridgehead atoms. The fourth-order valence-corrected chi connectivity index (χ4v) is 1.84. The van der Waals surface area contributed by atoms with Crippen molar-refractivity contribution >= 4 is 5.97 Å². The number of hydrogen-bond acceptors (Lipinski definition) is 2. The smallest absolute Gasteiger partial charge is 0.303 e. The zero-order chi connectivity index (χ0) is 10.8. The summed E-state index contributed by atoms with van der Waals surface area (Å²) in [5.74, 6) is -1.38. The highest BCUT2D eigenvalue weighted by Crippen LogP contribution is 2.38. The predicted octanol–water partition coefficient (Wildman–Crippen LogP) is 1.37. The Bertz CT molecular complexity index is 225. The minimum atomic E-state index is -2.19. The van der Waals surface area contributed by atoms with Crippen molar-refractivity contribution in [3.8, 4) is 0 Å². The molecule has 12 heavy (non-hydrogen) atoms. The van der Waals surface area contributed by atoms with Gasteiger partial charge in [-0.1, -0.05) is 19.3 Å². The van der Waals surface area contributed by atoms with Gasteiger partial charge in [0.05, 0.1) is 6.37 Å². The van der Waals surface area contributed by atoms with Crippen molar-refractivity contribution in [1.82, 2.24) is 0 Å². The second-order valence-corrected chi connectivity index (χ2v) is 3.48. The second kappa shape index (κ2) is 3.90. The van der Waals surface area contributed by atoms with Crippen LogP contribution in [0.2, 0.25) is 0 Å². The van der Waals surface area contributed by atoms with E-state index in [1.165, 1.54) is 0 Å². The quantitative estimate of drug-likeness (QED) is 0.677. The first kappa shape index (κ1) is 6.89. The van der Waals surface area contributed by atoms with Gasteiger partial charge in [-0.3, -0.25) is 4.79 Å². The summed E-state index contributed by atoms with van der Waals surface area (Å²) in [6, 6.07) is 0. The fraction of sp³-hybridized carbons (Fsp3) is 0.889. The molecule has 0 saturated heterocycles. The molecule has 70 valence electrons. The average Bonchev–Trinajstić information content (AvgIpc) is 2.18. The fourth-order valence-electron chi connectivity index (χ4n) is 1.84. The van der Waals surface area contributed by atoms with Crippen molar-refractivity contribution in [3.63, 3.8) is 0 Å². The number of carboxylic acids is 1. The highest BCUT2D eigenvalue weighted by Gasteiger charge is 2.32. The standard InChI is InChI=1S/C9H17NO2/c10-7-9(6-8(11)12)4-2-1-3-5-9/h1-7,10H2,(H,11,12)/i6D2. The predicted molar refractivity (Wildman–Crippen MR) is 46.8 cm³/mol. The molecule has 1 aliphatic carbocycles. The van der Waals surface area contributed by atoms with Crippen LogP contribution >= 0.6 is 0 Å². The van der Waals surface area contributed by atoms with E-state index in [-0.39, 0.29) is 6.54 Å². The van der Waals surface area contributed by atoms with Gasteiger partial charge in [0.25, 0.3) is 0 Å². The molecule has 0 aromatic carbocycles. The number of carboxylic acid groups (broad SMARTS) is 1. The molecule has 0 radical (unpaired) electrons. The third-order valence-corrected chi connectivity index (χ3v) is 2.57. The van der Waals surface area contributed by atoms with Crippen LogP contribution in [0.4, 0.5) is 0 Å². The van der Waals surface area contributed by atoms with Crippen LogP contribution < -0.4 is 5.73 Å². The van der Waals surface area contributed by atoms with Crippen LogP contribution in [-0.4, -0.2) is 17.6 Å². The Morgan fingerprint density at radius 1 is 1.50 bits per heavy atom. The lowest BCUT2D eigenvalue weighted by Gasteiger charge is -2.34. The van der Waals surface area contributed by atoms with Gasteiger partial charge in [-0.05, 0) is 24.8 Å². The van der Waals surface area contributed by atoms with Gasteiger partial charge in [-0.15, -0.1) is 0 Å². The van der Waals surface area contributed by atoms with E-state index in [0.717, 1.165) is 19.3 Å². The Morgan fingerprint density at radius 2 is 2.08 bits per heavy atom. The minimum Gasteiger partial charge on any atom is -0.481 e. The molecule has 0 aromatic rings. The molecule has 1 saturated carbocycles. The Balaban J connectivity index is 2.92. The van der Waals surface area contributed by atoms with Crippen LogP contribution in [-0.2, 0) is 4.79 Å². The van der Waals surface area contributed by atoms with Gasteiger partial charge in [-0.2, -0.15) is 0 Å². The lowest BCUT2D eigenvalue weighted by atomic mass is 9.72. The lowest BCUT2D eigenvalue weighted by molar-refractivity contribution is -0.140. The van der Waals surface area contributed by atoms with Gasteiger partial charge in [0.2, 0.25) is 0 Å².